The first-order chi connectivity index (χ1) is 7.15. The summed E-state index contributed by atoms with van der Waals surface area (Å²) in [6.07, 6.45) is 3.22. The number of rotatable bonds is 2. The molecule has 0 amide bonds. The lowest BCUT2D eigenvalue weighted by atomic mass is 10.3. The molecule has 0 aromatic carbocycles. The smallest absolute Gasteiger partial charge is 0.342 e. The largest absolute Gasteiger partial charge is 0.402 e. The third-order valence-corrected chi connectivity index (χ3v) is 1.78. The summed E-state index contributed by atoms with van der Waals surface area (Å²) in [4.78, 5) is 7.95. The van der Waals surface area contributed by atoms with E-state index in [1.165, 1.54) is 0 Å². The van der Waals surface area contributed by atoms with Gasteiger partial charge in [0, 0.05) is 13.2 Å². The molecule has 2 aromatic rings. The quantitative estimate of drug-likeness (QED) is 0.787. The molecule has 0 aliphatic rings. The molecule has 0 saturated carbocycles. The van der Waals surface area contributed by atoms with E-state index in [4.69, 9.17) is 10.5 Å². The number of ether oxygens (including phenoxy) is 1. The van der Waals surface area contributed by atoms with Crippen LogP contribution in [0.25, 0.3) is 0 Å². The number of hydrogen-bond donors (Lipinski definition) is 1. The summed E-state index contributed by atoms with van der Waals surface area (Å²) < 4.78 is 6.85. The Bertz CT molecular complexity index is 479. The number of aryl methyl sites for hydroxylation is 2. The van der Waals surface area contributed by atoms with Gasteiger partial charge in [-0.15, -0.1) is 5.10 Å². The Morgan fingerprint density at radius 2 is 2.20 bits per heavy atom. The van der Waals surface area contributed by atoms with Crippen LogP contribution in [0.5, 0.6) is 11.9 Å². The Morgan fingerprint density at radius 3 is 2.80 bits per heavy atom. The van der Waals surface area contributed by atoms with Crippen molar-refractivity contribution in [3.63, 3.8) is 0 Å². The second kappa shape index (κ2) is 3.56. The molecule has 0 saturated heterocycles. The highest BCUT2D eigenvalue weighted by atomic mass is 16.5. The second-order valence-electron chi connectivity index (χ2n) is 3.21. The molecule has 2 aromatic heterocycles. The minimum absolute atomic E-state index is 0.237. The van der Waals surface area contributed by atoms with E-state index in [1.807, 2.05) is 6.92 Å². The summed E-state index contributed by atoms with van der Waals surface area (Å²) in [5.74, 6) is 0.326. The molecule has 0 aliphatic carbocycles. The molecule has 78 valence electrons. The fourth-order valence-corrected chi connectivity index (χ4v) is 1.12. The molecule has 0 spiro atoms. The van der Waals surface area contributed by atoms with Gasteiger partial charge in [0.05, 0.1) is 5.69 Å². The fraction of sp³-hybridized carbons (Fsp3) is 0.222. The zero-order valence-corrected chi connectivity index (χ0v) is 8.51. The molecule has 0 aliphatic heterocycles. The highest BCUT2D eigenvalue weighted by molar-refractivity contribution is 5.49. The van der Waals surface area contributed by atoms with Gasteiger partial charge in [-0.1, -0.05) is 0 Å². The number of nitrogen functional groups attached to an aromatic ring is 1. The molecule has 0 bridgehead atoms. The van der Waals surface area contributed by atoms with Crippen LogP contribution in [0, 0.1) is 6.92 Å². The van der Waals surface area contributed by atoms with Gasteiger partial charge >= 0.3 is 6.01 Å². The van der Waals surface area contributed by atoms with Crippen LogP contribution in [-0.2, 0) is 7.05 Å². The van der Waals surface area contributed by atoms with E-state index in [0.717, 1.165) is 5.56 Å². The molecule has 2 heterocycles. The van der Waals surface area contributed by atoms with E-state index < -0.39 is 0 Å². The average molecular weight is 205 g/mol. The van der Waals surface area contributed by atoms with E-state index in [1.54, 1.807) is 30.3 Å². The van der Waals surface area contributed by atoms with Gasteiger partial charge in [0.2, 0.25) is 5.88 Å². The van der Waals surface area contributed by atoms with Crippen molar-refractivity contribution < 1.29 is 4.74 Å². The molecule has 6 nitrogen and oxygen atoms in total. The normalized spacial score (nSPS) is 10.3. The molecular formula is C9H11N5O. The predicted molar refractivity (Wildman–Crippen MR) is 54.5 cm³/mol. The number of pyridine rings is 1. The summed E-state index contributed by atoms with van der Waals surface area (Å²) >= 11 is 0. The number of aromatic nitrogens is 4. The summed E-state index contributed by atoms with van der Waals surface area (Å²) in [5.41, 5.74) is 7.18. The molecule has 6 heteroatoms. The van der Waals surface area contributed by atoms with Crippen LogP contribution in [0.15, 0.2) is 18.6 Å². The van der Waals surface area contributed by atoms with Crippen LogP contribution in [-0.4, -0.2) is 19.7 Å². The first-order valence-electron chi connectivity index (χ1n) is 4.41. The molecule has 0 radical (unpaired) electrons. The molecule has 2 rings (SSSR count). The maximum Gasteiger partial charge on any atom is 0.342 e. The fourth-order valence-electron chi connectivity index (χ4n) is 1.12. The van der Waals surface area contributed by atoms with E-state index in [0.29, 0.717) is 11.6 Å². The molecule has 0 fully saturated rings. The van der Waals surface area contributed by atoms with Crippen molar-refractivity contribution in [2.75, 3.05) is 5.73 Å². The highest BCUT2D eigenvalue weighted by Gasteiger charge is 2.06. The standard InChI is InChI=1S/C9H11N5O/c1-6-3-7(10)8(11-4-6)15-9-12-5-14(2)13-9/h3-5H,10H2,1-2H3. The lowest BCUT2D eigenvalue weighted by Crippen LogP contribution is -1.97. The molecule has 2 N–H and O–H groups in total. The predicted octanol–water partition coefficient (Wildman–Crippen LogP) is 0.893. The van der Waals surface area contributed by atoms with E-state index in [-0.39, 0.29) is 6.01 Å². The zero-order chi connectivity index (χ0) is 10.8. The first-order valence-corrected chi connectivity index (χ1v) is 4.41. The van der Waals surface area contributed by atoms with Gasteiger partial charge in [-0.25, -0.2) is 4.98 Å². The average Bonchev–Trinajstić information content (AvgIpc) is 2.56. The van der Waals surface area contributed by atoms with Crippen LogP contribution in [0.2, 0.25) is 0 Å². The lowest BCUT2D eigenvalue weighted by Gasteiger charge is -2.03. The SMILES string of the molecule is Cc1cnc(Oc2ncn(C)n2)c(N)c1. The van der Waals surface area contributed by atoms with Gasteiger partial charge in [-0.3, -0.25) is 4.68 Å². The zero-order valence-electron chi connectivity index (χ0n) is 8.51. The summed E-state index contributed by atoms with van der Waals surface area (Å²) in [5, 5.41) is 3.96. The van der Waals surface area contributed by atoms with Gasteiger partial charge < -0.3 is 10.5 Å². The molecular weight excluding hydrogens is 194 g/mol. The number of hydrogen-bond acceptors (Lipinski definition) is 5. The maximum absolute atomic E-state index is 5.73. The topological polar surface area (TPSA) is 78.9 Å². The van der Waals surface area contributed by atoms with Gasteiger partial charge in [0.25, 0.3) is 0 Å². The van der Waals surface area contributed by atoms with Crippen molar-refractivity contribution in [1.82, 2.24) is 19.7 Å². The van der Waals surface area contributed by atoms with Crippen molar-refractivity contribution in [3.8, 4) is 11.9 Å². The van der Waals surface area contributed by atoms with Crippen molar-refractivity contribution in [2.24, 2.45) is 7.05 Å². The van der Waals surface area contributed by atoms with E-state index >= 15 is 0 Å². The summed E-state index contributed by atoms with van der Waals surface area (Å²) in [6.45, 7) is 1.91. The lowest BCUT2D eigenvalue weighted by molar-refractivity contribution is 0.424. The molecule has 0 unspecified atom stereocenters. The highest BCUT2D eigenvalue weighted by Crippen LogP contribution is 2.22. The van der Waals surface area contributed by atoms with Crippen LogP contribution >= 0.6 is 0 Å². The van der Waals surface area contributed by atoms with Crippen LogP contribution in [0.3, 0.4) is 0 Å². The Balaban J connectivity index is 2.24. The van der Waals surface area contributed by atoms with Gasteiger partial charge in [0.1, 0.15) is 6.33 Å². The number of anilines is 1. The number of nitrogens with zero attached hydrogens (tertiary/aromatic N) is 4. The van der Waals surface area contributed by atoms with Gasteiger partial charge in [-0.2, -0.15) is 4.98 Å². The monoisotopic (exact) mass is 205 g/mol. The van der Waals surface area contributed by atoms with Crippen molar-refractivity contribution in [3.05, 3.63) is 24.2 Å². The number of nitrogens with two attached hydrogens (primary N) is 1. The Morgan fingerprint density at radius 1 is 1.40 bits per heavy atom. The Kier molecular flexibility index (Phi) is 2.24. The Labute approximate surface area is 86.7 Å². The van der Waals surface area contributed by atoms with Gasteiger partial charge in [0.15, 0.2) is 0 Å². The third kappa shape index (κ3) is 2.04. The summed E-state index contributed by atoms with van der Waals surface area (Å²) in [6, 6.07) is 2.02. The van der Waals surface area contributed by atoms with Crippen LogP contribution in [0.1, 0.15) is 5.56 Å². The van der Waals surface area contributed by atoms with Crippen molar-refractivity contribution >= 4 is 5.69 Å². The van der Waals surface area contributed by atoms with Gasteiger partial charge in [-0.05, 0) is 18.6 Å². The van der Waals surface area contributed by atoms with Crippen LogP contribution < -0.4 is 10.5 Å². The maximum atomic E-state index is 5.73. The summed E-state index contributed by atoms with van der Waals surface area (Å²) in [7, 11) is 1.76. The second-order valence-corrected chi connectivity index (χ2v) is 3.21. The van der Waals surface area contributed by atoms with Crippen molar-refractivity contribution in [1.29, 1.82) is 0 Å². The van der Waals surface area contributed by atoms with Crippen LogP contribution in [0.4, 0.5) is 5.69 Å². The van der Waals surface area contributed by atoms with E-state index in [2.05, 4.69) is 15.1 Å². The third-order valence-electron chi connectivity index (χ3n) is 1.78. The van der Waals surface area contributed by atoms with Crippen molar-refractivity contribution in [2.45, 2.75) is 6.92 Å². The Hall–Kier alpha value is -2.11. The van der Waals surface area contributed by atoms with E-state index in [9.17, 15) is 0 Å². The minimum Gasteiger partial charge on any atom is -0.402 e. The molecule has 15 heavy (non-hydrogen) atoms. The molecule has 0 atom stereocenters. The minimum atomic E-state index is 0.237. The first kappa shape index (κ1) is 9.45.